The van der Waals surface area contributed by atoms with Crippen LogP contribution in [-0.2, 0) is 0 Å². The highest BCUT2D eigenvalue weighted by Gasteiger charge is 2.35. The zero-order valence-corrected chi connectivity index (χ0v) is 12.2. The smallest absolute Gasteiger partial charge is 0.0712 e. The van der Waals surface area contributed by atoms with Gasteiger partial charge in [-0.25, -0.2) is 0 Å². The quantitative estimate of drug-likeness (QED) is 0.367. The first-order valence-electron chi connectivity index (χ1n) is 6.52. The molecule has 1 heteroatoms. The summed E-state index contributed by atoms with van der Waals surface area (Å²) in [4.78, 5) is 4.51. The summed E-state index contributed by atoms with van der Waals surface area (Å²) < 4.78 is 0. The van der Waals surface area contributed by atoms with Gasteiger partial charge < -0.3 is 0 Å². The van der Waals surface area contributed by atoms with Crippen LogP contribution < -0.4 is 0 Å². The number of rotatable bonds is 6. The molecule has 0 aromatic carbocycles. The van der Waals surface area contributed by atoms with Crippen molar-refractivity contribution in [3.05, 3.63) is 12.2 Å². The lowest BCUT2D eigenvalue weighted by Crippen LogP contribution is -2.36. The fourth-order valence-corrected chi connectivity index (χ4v) is 2.41. The van der Waals surface area contributed by atoms with Crippen LogP contribution in [-0.4, -0.2) is 12.3 Å². The van der Waals surface area contributed by atoms with Crippen LogP contribution >= 0.6 is 0 Å². The van der Waals surface area contributed by atoms with Crippen molar-refractivity contribution in [1.29, 1.82) is 0 Å². The molecule has 0 aliphatic rings. The van der Waals surface area contributed by atoms with Crippen molar-refractivity contribution in [3.63, 3.8) is 0 Å². The number of hydrogen-bond donors (Lipinski definition) is 0. The molecule has 0 radical (unpaired) electrons. The summed E-state index contributed by atoms with van der Waals surface area (Å²) in [6, 6.07) is 0.293. The van der Waals surface area contributed by atoms with Gasteiger partial charge >= 0.3 is 0 Å². The highest BCUT2D eigenvalue weighted by atomic mass is 14.8. The first kappa shape index (κ1) is 16.0. The molecule has 0 saturated carbocycles. The molecule has 0 aliphatic heterocycles. The minimum atomic E-state index is 0.154. The fourth-order valence-electron chi connectivity index (χ4n) is 2.41. The molecule has 0 amide bonds. The maximum Gasteiger partial charge on any atom is 0.0712 e. The van der Waals surface area contributed by atoms with E-state index in [1.165, 1.54) is 0 Å². The van der Waals surface area contributed by atoms with Gasteiger partial charge in [-0.2, -0.15) is 0 Å². The van der Waals surface area contributed by atoms with E-state index >= 15 is 0 Å². The molecule has 0 N–H and O–H groups in total. The minimum absolute atomic E-state index is 0.154. The lowest BCUT2D eigenvalue weighted by molar-refractivity contribution is 0.146. The van der Waals surface area contributed by atoms with Crippen LogP contribution in [0, 0.1) is 29.6 Å². The summed E-state index contributed by atoms with van der Waals surface area (Å²) >= 11 is 0. The van der Waals surface area contributed by atoms with E-state index in [0.29, 0.717) is 17.9 Å². The Kier molecular flexibility index (Phi) is 6.88. The lowest BCUT2D eigenvalue weighted by atomic mass is 9.68. The van der Waals surface area contributed by atoms with Gasteiger partial charge in [0.15, 0.2) is 0 Å². The monoisotopic (exact) mass is 233 g/mol. The van der Waals surface area contributed by atoms with Crippen molar-refractivity contribution in [2.45, 2.75) is 54.0 Å². The number of hydrogen-bond acceptors (Lipinski definition) is 1. The standard InChI is InChI=1S/C16H27N/c1-8-11-13(4)14(5)16(6,7)15(10-3)17-12-9-2/h2,8,11-15H,10H2,1,3-7H3/b11-8+,17-12?/t13?,14?,15-/m0/s1. The van der Waals surface area contributed by atoms with Crippen molar-refractivity contribution < 1.29 is 0 Å². The van der Waals surface area contributed by atoms with Crippen LogP contribution in [0.2, 0.25) is 0 Å². The number of aliphatic imine (C=N–C) groups is 1. The Morgan fingerprint density at radius 2 is 1.94 bits per heavy atom. The van der Waals surface area contributed by atoms with Crippen molar-refractivity contribution in [2.75, 3.05) is 0 Å². The third kappa shape index (κ3) is 4.38. The zero-order valence-electron chi connectivity index (χ0n) is 12.2. The first-order chi connectivity index (χ1) is 7.91. The second-order valence-electron chi connectivity index (χ2n) is 5.36. The van der Waals surface area contributed by atoms with E-state index in [-0.39, 0.29) is 5.41 Å². The third-order valence-electron chi connectivity index (χ3n) is 4.03. The first-order valence-corrected chi connectivity index (χ1v) is 6.52. The van der Waals surface area contributed by atoms with Gasteiger partial charge in [0.1, 0.15) is 0 Å². The van der Waals surface area contributed by atoms with Crippen LogP contribution in [0.25, 0.3) is 0 Å². The second-order valence-corrected chi connectivity index (χ2v) is 5.36. The summed E-state index contributed by atoms with van der Waals surface area (Å²) in [5.41, 5.74) is 0.154. The lowest BCUT2D eigenvalue weighted by Gasteiger charge is -2.39. The molecular formula is C16H27N. The molecule has 0 aliphatic carbocycles. The molecule has 0 rings (SSSR count). The van der Waals surface area contributed by atoms with E-state index in [9.17, 15) is 0 Å². The molecule has 17 heavy (non-hydrogen) atoms. The van der Waals surface area contributed by atoms with Gasteiger partial charge in [-0.1, -0.05) is 52.7 Å². The topological polar surface area (TPSA) is 12.4 Å². The van der Waals surface area contributed by atoms with Gasteiger partial charge in [-0.05, 0) is 30.6 Å². The molecule has 0 fully saturated rings. The van der Waals surface area contributed by atoms with Crippen LogP contribution in [0.15, 0.2) is 17.1 Å². The maximum atomic E-state index is 5.25. The Balaban J connectivity index is 4.95. The van der Waals surface area contributed by atoms with E-state index in [2.05, 4.69) is 64.6 Å². The minimum Gasteiger partial charge on any atom is -0.280 e. The predicted octanol–water partition coefficient (Wildman–Crippen LogP) is 4.34. The Labute approximate surface area is 107 Å². The molecule has 0 bridgehead atoms. The van der Waals surface area contributed by atoms with Crippen LogP contribution in [0.1, 0.15) is 48.0 Å². The molecule has 0 saturated heterocycles. The average molecular weight is 233 g/mol. The Morgan fingerprint density at radius 1 is 1.35 bits per heavy atom. The maximum absolute atomic E-state index is 5.25. The zero-order chi connectivity index (χ0) is 13.5. The normalized spacial score (nSPS) is 18.2. The summed E-state index contributed by atoms with van der Waals surface area (Å²) in [6.07, 6.45) is 12.3. The highest BCUT2D eigenvalue weighted by molar-refractivity contribution is 5.77. The van der Waals surface area contributed by atoms with E-state index in [0.717, 1.165) is 6.42 Å². The van der Waals surface area contributed by atoms with Gasteiger partial charge in [-0.15, -0.1) is 6.42 Å². The SMILES string of the molecule is C#CC=N[C@@H](CC)C(C)(C)C(C)C(C)/C=C/C. The molecule has 96 valence electrons. The largest absolute Gasteiger partial charge is 0.280 e. The van der Waals surface area contributed by atoms with Crippen molar-refractivity contribution in [2.24, 2.45) is 22.2 Å². The van der Waals surface area contributed by atoms with Crippen LogP contribution in [0.4, 0.5) is 0 Å². The Bertz CT molecular complexity index is 304. The summed E-state index contributed by atoms with van der Waals surface area (Å²) in [7, 11) is 0. The van der Waals surface area contributed by atoms with Gasteiger partial charge in [0.25, 0.3) is 0 Å². The summed E-state index contributed by atoms with van der Waals surface area (Å²) in [5, 5.41) is 0. The predicted molar refractivity (Wildman–Crippen MR) is 78.3 cm³/mol. The van der Waals surface area contributed by atoms with Crippen molar-refractivity contribution in [3.8, 4) is 12.3 Å². The van der Waals surface area contributed by atoms with Crippen molar-refractivity contribution >= 4 is 6.21 Å². The molecule has 3 atom stereocenters. The Hall–Kier alpha value is -1.03. The molecule has 1 nitrogen and oxygen atoms in total. The van der Waals surface area contributed by atoms with Crippen LogP contribution in [0.5, 0.6) is 0 Å². The molecule has 0 spiro atoms. The molecule has 0 aromatic heterocycles. The average Bonchev–Trinajstić information content (AvgIpc) is 2.29. The van der Waals surface area contributed by atoms with E-state index in [1.54, 1.807) is 6.21 Å². The van der Waals surface area contributed by atoms with Crippen LogP contribution in [0.3, 0.4) is 0 Å². The molecule has 0 aromatic rings. The molecule has 2 unspecified atom stereocenters. The van der Waals surface area contributed by atoms with E-state index in [1.807, 2.05) is 0 Å². The second kappa shape index (κ2) is 7.33. The molecular weight excluding hydrogens is 206 g/mol. The van der Waals surface area contributed by atoms with E-state index in [4.69, 9.17) is 6.42 Å². The third-order valence-corrected chi connectivity index (χ3v) is 4.03. The highest BCUT2D eigenvalue weighted by Crippen LogP contribution is 2.38. The van der Waals surface area contributed by atoms with Gasteiger partial charge in [-0.3, -0.25) is 4.99 Å². The summed E-state index contributed by atoms with van der Waals surface area (Å²) in [5.74, 6) is 3.62. The Morgan fingerprint density at radius 3 is 2.35 bits per heavy atom. The number of terminal acetylenes is 1. The van der Waals surface area contributed by atoms with Gasteiger partial charge in [0.2, 0.25) is 0 Å². The summed E-state index contributed by atoms with van der Waals surface area (Å²) in [6.45, 7) is 13.4. The fraction of sp³-hybridized carbons (Fsp3) is 0.688. The van der Waals surface area contributed by atoms with Gasteiger partial charge in [0, 0.05) is 0 Å². The number of allylic oxidation sites excluding steroid dienone is 2. The molecule has 0 heterocycles. The van der Waals surface area contributed by atoms with Crippen molar-refractivity contribution in [1.82, 2.24) is 0 Å². The number of nitrogens with zero attached hydrogens (tertiary/aromatic N) is 1. The van der Waals surface area contributed by atoms with Gasteiger partial charge in [0.05, 0.1) is 12.3 Å². The van der Waals surface area contributed by atoms with E-state index < -0.39 is 0 Å².